The Labute approximate surface area is 167 Å². The highest BCUT2D eigenvalue weighted by atomic mass is 79.9. The number of benzene rings is 2. The van der Waals surface area contributed by atoms with Crippen LogP contribution in [0.2, 0.25) is 0 Å². The second-order valence-electron chi connectivity index (χ2n) is 6.12. The van der Waals surface area contributed by atoms with E-state index in [1.165, 1.54) is 5.69 Å². The Hall–Kier alpha value is -2.38. The Kier molecular flexibility index (Phi) is 6.84. The number of hydrazone groups is 1. The molecule has 27 heavy (non-hydrogen) atoms. The lowest BCUT2D eigenvalue weighted by Crippen LogP contribution is -2.36. The van der Waals surface area contributed by atoms with Gasteiger partial charge in [0.05, 0.1) is 18.9 Å². The molecular formula is C20H22BrN3O3. The maximum atomic E-state index is 11.9. The van der Waals surface area contributed by atoms with Gasteiger partial charge in [-0.15, -0.1) is 0 Å². The van der Waals surface area contributed by atoms with Gasteiger partial charge >= 0.3 is 0 Å². The van der Waals surface area contributed by atoms with E-state index >= 15 is 0 Å². The van der Waals surface area contributed by atoms with Gasteiger partial charge in [0.1, 0.15) is 5.75 Å². The third-order valence-electron chi connectivity index (χ3n) is 4.18. The van der Waals surface area contributed by atoms with E-state index in [0.29, 0.717) is 5.75 Å². The highest BCUT2D eigenvalue weighted by Crippen LogP contribution is 2.18. The molecule has 2 aromatic rings. The molecule has 1 N–H and O–H groups in total. The highest BCUT2D eigenvalue weighted by molar-refractivity contribution is 9.10. The highest BCUT2D eigenvalue weighted by Gasteiger charge is 2.11. The molecular weight excluding hydrogens is 410 g/mol. The molecule has 0 aliphatic carbocycles. The summed E-state index contributed by atoms with van der Waals surface area (Å²) in [5.41, 5.74) is 5.39. The minimum absolute atomic E-state index is 0.0940. The van der Waals surface area contributed by atoms with E-state index < -0.39 is 0 Å². The number of amides is 1. The van der Waals surface area contributed by atoms with Crippen LogP contribution in [0, 0.1) is 0 Å². The number of anilines is 1. The third-order valence-corrected chi connectivity index (χ3v) is 4.67. The first-order valence-corrected chi connectivity index (χ1v) is 9.56. The Morgan fingerprint density at radius 2 is 1.96 bits per heavy atom. The molecule has 0 aromatic heterocycles. The van der Waals surface area contributed by atoms with Gasteiger partial charge in [-0.2, -0.15) is 5.10 Å². The lowest BCUT2D eigenvalue weighted by Gasteiger charge is -2.28. The Morgan fingerprint density at radius 3 is 2.67 bits per heavy atom. The monoisotopic (exact) mass is 431 g/mol. The SMILES string of the molecule is C/C(=N\NC(=O)COc1cccc(Br)c1)c1ccc(N2CCOCC2)cc1. The van der Waals surface area contributed by atoms with E-state index in [9.17, 15) is 4.79 Å². The molecule has 1 amide bonds. The minimum atomic E-state index is -0.306. The standard InChI is InChI=1S/C20H22BrN3O3/c1-15(16-5-7-18(8-6-16)24-9-11-26-12-10-24)22-23-20(25)14-27-19-4-2-3-17(21)13-19/h2-8,13H,9-12,14H2,1H3,(H,23,25)/b22-15+. The van der Waals surface area contributed by atoms with Crippen molar-refractivity contribution in [1.82, 2.24) is 5.43 Å². The van der Waals surface area contributed by atoms with Crippen LogP contribution in [0.4, 0.5) is 5.69 Å². The summed E-state index contributed by atoms with van der Waals surface area (Å²) in [5.74, 6) is 0.318. The molecule has 6 nitrogen and oxygen atoms in total. The average Bonchev–Trinajstić information content (AvgIpc) is 2.71. The number of nitrogens with one attached hydrogen (secondary N) is 1. The van der Waals surface area contributed by atoms with Crippen LogP contribution in [0.3, 0.4) is 0 Å². The number of halogens is 1. The van der Waals surface area contributed by atoms with Crippen molar-refractivity contribution in [3.8, 4) is 5.75 Å². The van der Waals surface area contributed by atoms with Gasteiger partial charge in [0.15, 0.2) is 6.61 Å². The molecule has 3 rings (SSSR count). The normalized spacial score (nSPS) is 14.7. The summed E-state index contributed by atoms with van der Waals surface area (Å²) in [6.07, 6.45) is 0. The number of morpholine rings is 1. The fourth-order valence-corrected chi connectivity index (χ4v) is 3.06. The summed E-state index contributed by atoms with van der Waals surface area (Å²) in [4.78, 5) is 14.2. The van der Waals surface area contributed by atoms with Crippen LogP contribution in [0.5, 0.6) is 5.75 Å². The summed E-state index contributed by atoms with van der Waals surface area (Å²) < 4.78 is 11.7. The smallest absolute Gasteiger partial charge is 0.277 e. The summed E-state index contributed by atoms with van der Waals surface area (Å²) in [7, 11) is 0. The van der Waals surface area contributed by atoms with Gasteiger partial charge in [0.25, 0.3) is 5.91 Å². The predicted octanol–water partition coefficient (Wildman–Crippen LogP) is 3.20. The number of nitrogens with zero attached hydrogens (tertiary/aromatic N) is 2. The second-order valence-corrected chi connectivity index (χ2v) is 7.04. The summed E-state index contributed by atoms with van der Waals surface area (Å²) >= 11 is 3.36. The number of hydrogen-bond acceptors (Lipinski definition) is 5. The molecule has 0 saturated carbocycles. The van der Waals surface area contributed by atoms with Crippen LogP contribution in [0.1, 0.15) is 12.5 Å². The molecule has 1 aliphatic heterocycles. The number of carbonyl (C=O) groups is 1. The van der Waals surface area contributed by atoms with Gasteiger partial charge in [0, 0.05) is 23.2 Å². The zero-order chi connectivity index (χ0) is 19.1. The van der Waals surface area contributed by atoms with Crippen LogP contribution >= 0.6 is 15.9 Å². The Morgan fingerprint density at radius 1 is 1.22 bits per heavy atom. The van der Waals surface area contributed by atoms with Crippen molar-refractivity contribution in [1.29, 1.82) is 0 Å². The van der Waals surface area contributed by atoms with E-state index in [4.69, 9.17) is 9.47 Å². The second kappa shape index (κ2) is 9.53. The molecule has 2 aromatic carbocycles. The number of ether oxygens (including phenoxy) is 2. The largest absolute Gasteiger partial charge is 0.484 e. The van der Waals surface area contributed by atoms with E-state index in [1.807, 2.05) is 31.2 Å². The summed E-state index contributed by atoms with van der Waals surface area (Å²) in [5, 5.41) is 4.16. The van der Waals surface area contributed by atoms with Crippen molar-refractivity contribution in [3.05, 3.63) is 58.6 Å². The third kappa shape index (κ3) is 5.80. The first-order valence-electron chi connectivity index (χ1n) is 8.76. The zero-order valence-corrected chi connectivity index (χ0v) is 16.7. The van der Waals surface area contributed by atoms with E-state index in [2.05, 4.69) is 43.5 Å². The molecule has 0 atom stereocenters. The van der Waals surface area contributed by atoms with Gasteiger partial charge in [-0.1, -0.05) is 34.1 Å². The van der Waals surface area contributed by atoms with Gasteiger partial charge in [-0.3, -0.25) is 4.79 Å². The maximum Gasteiger partial charge on any atom is 0.277 e. The van der Waals surface area contributed by atoms with Crippen molar-refractivity contribution >= 4 is 33.2 Å². The van der Waals surface area contributed by atoms with Crippen molar-refractivity contribution in [2.75, 3.05) is 37.8 Å². The fraction of sp³-hybridized carbons (Fsp3) is 0.300. The molecule has 1 heterocycles. The van der Waals surface area contributed by atoms with E-state index in [-0.39, 0.29) is 12.5 Å². The van der Waals surface area contributed by atoms with E-state index in [0.717, 1.165) is 42.1 Å². The molecule has 0 radical (unpaired) electrons. The van der Waals surface area contributed by atoms with Crippen LogP contribution in [0.25, 0.3) is 0 Å². The van der Waals surface area contributed by atoms with Crippen LogP contribution in [0.15, 0.2) is 58.1 Å². The number of carbonyl (C=O) groups excluding carboxylic acids is 1. The van der Waals surface area contributed by atoms with Crippen molar-refractivity contribution < 1.29 is 14.3 Å². The number of hydrogen-bond donors (Lipinski definition) is 1. The molecule has 142 valence electrons. The van der Waals surface area contributed by atoms with Gasteiger partial charge in [-0.05, 0) is 42.8 Å². The molecule has 7 heteroatoms. The molecule has 0 spiro atoms. The first-order chi connectivity index (χ1) is 13.1. The Bertz CT molecular complexity index is 802. The fourth-order valence-electron chi connectivity index (χ4n) is 2.68. The predicted molar refractivity (Wildman–Crippen MR) is 109 cm³/mol. The minimum Gasteiger partial charge on any atom is -0.484 e. The lowest BCUT2D eigenvalue weighted by molar-refractivity contribution is -0.123. The molecule has 1 saturated heterocycles. The van der Waals surface area contributed by atoms with Crippen molar-refractivity contribution in [2.24, 2.45) is 5.10 Å². The zero-order valence-electron chi connectivity index (χ0n) is 15.2. The van der Waals surface area contributed by atoms with E-state index in [1.54, 1.807) is 12.1 Å². The van der Waals surface area contributed by atoms with Crippen molar-refractivity contribution in [3.63, 3.8) is 0 Å². The summed E-state index contributed by atoms with van der Waals surface area (Å²) in [6.45, 7) is 5.09. The lowest BCUT2D eigenvalue weighted by atomic mass is 10.1. The Balaban J connectivity index is 1.51. The summed E-state index contributed by atoms with van der Waals surface area (Å²) in [6, 6.07) is 15.5. The first kappa shape index (κ1) is 19.4. The molecule has 1 aliphatic rings. The maximum absolute atomic E-state index is 11.9. The molecule has 1 fully saturated rings. The van der Waals surface area contributed by atoms with Crippen LogP contribution < -0.4 is 15.1 Å². The van der Waals surface area contributed by atoms with Gasteiger partial charge < -0.3 is 14.4 Å². The average molecular weight is 432 g/mol. The quantitative estimate of drug-likeness (QED) is 0.563. The molecule has 0 bridgehead atoms. The van der Waals surface area contributed by atoms with Crippen LogP contribution in [-0.4, -0.2) is 44.5 Å². The number of rotatable bonds is 6. The van der Waals surface area contributed by atoms with Gasteiger partial charge in [-0.25, -0.2) is 5.43 Å². The topological polar surface area (TPSA) is 63.2 Å². The van der Waals surface area contributed by atoms with Crippen LogP contribution in [-0.2, 0) is 9.53 Å². The van der Waals surface area contributed by atoms with Gasteiger partial charge in [0.2, 0.25) is 0 Å². The van der Waals surface area contributed by atoms with Crippen molar-refractivity contribution in [2.45, 2.75) is 6.92 Å². The molecule has 0 unspecified atom stereocenters.